The Balaban J connectivity index is 2.65. The van der Waals surface area contributed by atoms with E-state index >= 15 is 0 Å². The van der Waals surface area contributed by atoms with E-state index in [1.54, 1.807) is 11.8 Å². The van der Waals surface area contributed by atoms with Crippen LogP contribution in [0.4, 0.5) is 0 Å². The predicted octanol–water partition coefficient (Wildman–Crippen LogP) is 2.84. The van der Waals surface area contributed by atoms with E-state index in [-0.39, 0.29) is 16.6 Å². The first-order valence-electron chi connectivity index (χ1n) is 4.73. The van der Waals surface area contributed by atoms with E-state index in [0.717, 1.165) is 6.42 Å². The first-order chi connectivity index (χ1) is 6.36. The van der Waals surface area contributed by atoms with Crippen molar-refractivity contribution in [2.45, 2.75) is 42.5 Å². The summed E-state index contributed by atoms with van der Waals surface area (Å²) in [6, 6.07) is 0. The molecule has 0 aromatic heterocycles. The molecule has 0 spiro atoms. The Hall–Kier alpha value is 0.300. The molecular weight excluding hydrogens is 264 g/mol. The minimum Gasteiger partial charge on any atom is -0.468 e. The summed E-state index contributed by atoms with van der Waals surface area (Å²) in [7, 11) is 1.45. The van der Waals surface area contributed by atoms with Gasteiger partial charge in [-0.1, -0.05) is 36.7 Å². The first kappa shape index (κ1) is 12.4. The Morgan fingerprint density at radius 3 is 2.43 bits per heavy atom. The molecule has 1 rings (SSSR count). The lowest BCUT2D eigenvalue weighted by Gasteiger charge is -2.28. The summed E-state index contributed by atoms with van der Waals surface area (Å²) in [4.78, 5) is 11.8. The first-order valence-corrected chi connectivity index (χ1v) is 6.59. The summed E-state index contributed by atoms with van der Waals surface area (Å²) in [5.74, 6) is -0.0915. The van der Waals surface area contributed by atoms with Gasteiger partial charge in [-0.3, -0.25) is 4.79 Å². The van der Waals surface area contributed by atoms with Crippen molar-refractivity contribution in [2.24, 2.45) is 5.41 Å². The van der Waals surface area contributed by atoms with E-state index in [9.17, 15) is 4.79 Å². The van der Waals surface area contributed by atoms with E-state index in [1.165, 1.54) is 7.11 Å². The van der Waals surface area contributed by atoms with Crippen molar-refractivity contribution in [1.82, 2.24) is 0 Å². The molecule has 1 fully saturated rings. The summed E-state index contributed by atoms with van der Waals surface area (Å²) < 4.78 is 4.76. The van der Waals surface area contributed by atoms with Crippen molar-refractivity contribution in [2.75, 3.05) is 7.11 Å². The highest BCUT2D eigenvalue weighted by molar-refractivity contribution is 9.09. The van der Waals surface area contributed by atoms with Crippen LogP contribution in [-0.2, 0) is 9.53 Å². The molecule has 0 amide bonds. The highest BCUT2D eigenvalue weighted by atomic mass is 79.9. The second-order valence-corrected chi connectivity index (χ2v) is 7.21. The fraction of sp³-hybridized carbons (Fsp3) is 0.900. The van der Waals surface area contributed by atoms with Crippen LogP contribution >= 0.6 is 27.7 Å². The van der Waals surface area contributed by atoms with Crippen molar-refractivity contribution in [1.29, 1.82) is 0 Å². The topological polar surface area (TPSA) is 26.3 Å². The minimum atomic E-state index is -0.0915. The molecule has 1 heterocycles. The zero-order valence-electron chi connectivity index (χ0n) is 9.04. The number of alkyl halides is 1. The largest absolute Gasteiger partial charge is 0.468 e. The van der Waals surface area contributed by atoms with Crippen LogP contribution in [0.2, 0.25) is 0 Å². The minimum absolute atomic E-state index is 0.00796. The molecule has 3 atom stereocenters. The summed E-state index contributed by atoms with van der Waals surface area (Å²) in [5, 5.41) is 0.486. The SMILES string of the molecule is COC(=O)C1CC(Br)C(C(C)(C)C)S1. The van der Waals surface area contributed by atoms with E-state index in [4.69, 9.17) is 4.74 Å². The average Bonchev–Trinajstić information content (AvgIpc) is 2.45. The number of hydrogen-bond acceptors (Lipinski definition) is 3. The molecule has 3 unspecified atom stereocenters. The van der Waals surface area contributed by atoms with Crippen LogP contribution in [0.5, 0.6) is 0 Å². The average molecular weight is 281 g/mol. The zero-order chi connectivity index (χ0) is 10.9. The Morgan fingerprint density at radius 2 is 2.07 bits per heavy atom. The maximum atomic E-state index is 11.4. The molecule has 0 radical (unpaired) electrons. The lowest BCUT2D eigenvalue weighted by molar-refractivity contribution is -0.139. The third-order valence-electron chi connectivity index (χ3n) is 2.40. The molecule has 82 valence electrons. The number of methoxy groups -OCH3 is 1. The molecule has 0 aromatic carbocycles. The summed E-state index contributed by atoms with van der Waals surface area (Å²) in [5.41, 5.74) is 0.224. The lowest BCUT2D eigenvalue weighted by Crippen LogP contribution is -2.27. The van der Waals surface area contributed by atoms with Crippen LogP contribution in [0.1, 0.15) is 27.2 Å². The van der Waals surface area contributed by atoms with E-state index < -0.39 is 0 Å². The molecule has 14 heavy (non-hydrogen) atoms. The predicted molar refractivity (Wildman–Crippen MR) is 64.0 cm³/mol. The smallest absolute Gasteiger partial charge is 0.318 e. The standard InChI is InChI=1S/C10H17BrO2S/c1-10(2,3)8-6(11)5-7(14-8)9(12)13-4/h6-8H,5H2,1-4H3. The number of ether oxygens (including phenoxy) is 1. The number of halogens is 1. The Kier molecular flexibility index (Phi) is 3.92. The summed E-state index contributed by atoms with van der Waals surface area (Å²) >= 11 is 5.39. The van der Waals surface area contributed by atoms with Crippen LogP contribution < -0.4 is 0 Å². The number of rotatable bonds is 1. The van der Waals surface area contributed by atoms with Crippen LogP contribution in [0, 0.1) is 5.41 Å². The van der Waals surface area contributed by atoms with Gasteiger partial charge in [-0.05, 0) is 11.8 Å². The Bertz CT molecular complexity index is 225. The maximum Gasteiger partial charge on any atom is 0.318 e. The van der Waals surface area contributed by atoms with Gasteiger partial charge in [-0.25, -0.2) is 0 Å². The molecule has 0 aromatic rings. The van der Waals surface area contributed by atoms with Crippen LogP contribution in [-0.4, -0.2) is 28.4 Å². The van der Waals surface area contributed by atoms with Gasteiger partial charge in [0.15, 0.2) is 0 Å². The Labute approximate surface area is 98.3 Å². The van der Waals surface area contributed by atoms with Crippen LogP contribution in [0.25, 0.3) is 0 Å². The fourth-order valence-corrected chi connectivity index (χ4v) is 5.03. The summed E-state index contributed by atoms with van der Waals surface area (Å²) in [6.07, 6.45) is 0.874. The maximum absolute atomic E-state index is 11.4. The van der Waals surface area contributed by atoms with Crippen molar-refractivity contribution in [3.8, 4) is 0 Å². The molecule has 4 heteroatoms. The van der Waals surface area contributed by atoms with Crippen molar-refractivity contribution >= 4 is 33.7 Å². The molecule has 2 nitrogen and oxygen atoms in total. The second kappa shape index (κ2) is 4.44. The lowest BCUT2D eigenvalue weighted by atomic mass is 9.89. The molecular formula is C10H17BrO2S. The van der Waals surface area contributed by atoms with Crippen molar-refractivity contribution in [3.05, 3.63) is 0 Å². The van der Waals surface area contributed by atoms with Crippen LogP contribution in [0.15, 0.2) is 0 Å². The quantitative estimate of drug-likeness (QED) is 0.546. The third kappa shape index (κ3) is 2.66. The fourth-order valence-electron chi connectivity index (χ4n) is 1.68. The van der Waals surface area contributed by atoms with E-state index in [0.29, 0.717) is 10.1 Å². The van der Waals surface area contributed by atoms with Crippen LogP contribution in [0.3, 0.4) is 0 Å². The molecule has 0 N–H and O–H groups in total. The number of esters is 1. The molecule has 0 bridgehead atoms. The van der Waals surface area contributed by atoms with E-state index in [2.05, 4.69) is 36.7 Å². The van der Waals surface area contributed by atoms with Gasteiger partial charge in [-0.2, -0.15) is 0 Å². The molecule has 1 saturated heterocycles. The van der Waals surface area contributed by atoms with Gasteiger partial charge in [0.25, 0.3) is 0 Å². The van der Waals surface area contributed by atoms with Gasteiger partial charge in [0.05, 0.1) is 7.11 Å². The number of carbonyl (C=O) groups excluding carboxylic acids is 1. The number of hydrogen-bond donors (Lipinski definition) is 0. The number of thioether (sulfide) groups is 1. The normalized spacial score (nSPS) is 33.1. The zero-order valence-corrected chi connectivity index (χ0v) is 11.4. The third-order valence-corrected chi connectivity index (χ3v) is 5.69. The molecule has 1 aliphatic heterocycles. The van der Waals surface area contributed by atoms with Gasteiger partial charge < -0.3 is 4.74 Å². The van der Waals surface area contributed by atoms with Gasteiger partial charge >= 0.3 is 5.97 Å². The van der Waals surface area contributed by atoms with Gasteiger partial charge in [0.2, 0.25) is 0 Å². The van der Waals surface area contributed by atoms with Crippen molar-refractivity contribution < 1.29 is 9.53 Å². The van der Waals surface area contributed by atoms with Gasteiger partial charge in [0, 0.05) is 10.1 Å². The molecule has 0 saturated carbocycles. The monoisotopic (exact) mass is 280 g/mol. The highest BCUT2D eigenvalue weighted by Crippen LogP contribution is 2.46. The Morgan fingerprint density at radius 1 is 1.50 bits per heavy atom. The highest BCUT2D eigenvalue weighted by Gasteiger charge is 2.43. The molecule has 0 aliphatic carbocycles. The number of carbonyl (C=O) groups is 1. The van der Waals surface area contributed by atoms with E-state index in [1.807, 2.05) is 0 Å². The molecule has 1 aliphatic rings. The second-order valence-electron chi connectivity index (χ2n) is 4.69. The van der Waals surface area contributed by atoms with Gasteiger partial charge in [-0.15, -0.1) is 11.8 Å². The van der Waals surface area contributed by atoms with Gasteiger partial charge in [0.1, 0.15) is 5.25 Å². The summed E-state index contributed by atoms with van der Waals surface area (Å²) in [6.45, 7) is 6.62. The van der Waals surface area contributed by atoms with Crippen molar-refractivity contribution in [3.63, 3.8) is 0 Å².